The van der Waals surface area contributed by atoms with Gasteiger partial charge in [0, 0.05) is 25.3 Å². The molecule has 1 amide bonds. The highest BCUT2D eigenvalue weighted by atomic mass is 19.1. The van der Waals surface area contributed by atoms with Crippen molar-refractivity contribution in [3.8, 4) is 0 Å². The van der Waals surface area contributed by atoms with E-state index in [2.05, 4.69) is 5.32 Å². The van der Waals surface area contributed by atoms with E-state index in [1.54, 1.807) is 6.07 Å². The number of anilines is 1. The Morgan fingerprint density at radius 1 is 1.39 bits per heavy atom. The number of nitrogens with one attached hydrogen (secondary N) is 1. The van der Waals surface area contributed by atoms with Crippen LogP contribution in [-0.4, -0.2) is 19.1 Å². The van der Waals surface area contributed by atoms with E-state index in [0.29, 0.717) is 24.6 Å². The first-order chi connectivity index (χ1) is 8.74. The molecule has 3 nitrogen and oxygen atoms in total. The van der Waals surface area contributed by atoms with Crippen LogP contribution in [0.15, 0.2) is 18.2 Å². The Bertz CT molecular complexity index is 469. The van der Waals surface area contributed by atoms with Gasteiger partial charge in [-0.3, -0.25) is 4.79 Å². The molecule has 2 aliphatic rings. The normalized spacial score (nSPS) is 27.5. The molecular weight excluding hydrogens is 233 g/mol. The molecule has 0 saturated carbocycles. The highest BCUT2D eigenvalue weighted by Crippen LogP contribution is 2.40. The number of carbonyl (C=O) groups excluding carboxylic acids is 1. The van der Waals surface area contributed by atoms with Gasteiger partial charge in [0.25, 0.3) is 0 Å². The smallest absolute Gasteiger partial charge is 0.225 e. The summed E-state index contributed by atoms with van der Waals surface area (Å²) in [5, 5.41) is 2.75. The summed E-state index contributed by atoms with van der Waals surface area (Å²) in [6.07, 6.45) is 2.60. The number of rotatable bonds is 1. The zero-order valence-corrected chi connectivity index (χ0v) is 10.1. The molecule has 96 valence electrons. The molecule has 0 aromatic heterocycles. The van der Waals surface area contributed by atoms with Crippen LogP contribution in [0.2, 0.25) is 0 Å². The van der Waals surface area contributed by atoms with Crippen LogP contribution in [-0.2, 0) is 9.53 Å². The van der Waals surface area contributed by atoms with Crippen LogP contribution in [0.5, 0.6) is 0 Å². The largest absolute Gasteiger partial charge is 0.381 e. The van der Waals surface area contributed by atoms with E-state index in [0.717, 1.165) is 25.0 Å². The Labute approximate surface area is 105 Å². The zero-order valence-electron chi connectivity index (χ0n) is 10.1. The Kier molecular flexibility index (Phi) is 3.04. The third kappa shape index (κ3) is 2.12. The first-order valence-corrected chi connectivity index (χ1v) is 6.41. The van der Waals surface area contributed by atoms with E-state index in [1.807, 2.05) is 0 Å². The SMILES string of the molecule is O=C1CC(C2CCCOC2)c2ccc(F)cc2N1. The first-order valence-electron chi connectivity index (χ1n) is 6.41. The fraction of sp³-hybridized carbons (Fsp3) is 0.500. The van der Waals surface area contributed by atoms with Gasteiger partial charge in [-0.1, -0.05) is 6.07 Å². The molecular formula is C14H16FNO2. The van der Waals surface area contributed by atoms with Crippen molar-refractivity contribution in [2.75, 3.05) is 18.5 Å². The molecule has 3 rings (SSSR count). The summed E-state index contributed by atoms with van der Waals surface area (Å²) in [6, 6.07) is 4.67. The molecule has 1 aromatic rings. The minimum absolute atomic E-state index is 0.0244. The van der Waals surface area contributed by atoms with Gasteiger partial charge in [0.15, 0.2) is 0 Å². The number of halogens is 1. The third-order valence-electron chi connectivity index (χ3n) is 3.86. The van der Waals surface area contributed by atoms with Crippen LogP contribution in [0.25, 0.3) is 0 Å². The van der Waals surface area contributed by atoms with Gasteiger partial charge < -0.3 is 10.1 Å². The van der Waals surface area contributed by atoms with Crippen molar-refractivity contribution >= 4 is 11.6 Å². The number of fused-ring (bicyclic) bond motifs is 1. The number of carbonyl (C=O) groups is 1. The Hall–Kier alpha value is -1.42. The summed E-state index contributed by atoms with van der Waals surface area (Å²) in [6.45, 7) is 1.51. The lowest BCUT2D eigenvalue weighted by Gasteiger charge is -2.34. The molecule has 0 radical (unpaired) electrons. The number of amides is 1. The lowest BCUT2D eigenvalue weighted by atomic mass is 9.78. The second-order valence-electron chi connectivity index (χ2n) is 5.07. The lowest BCUT2D eigenvalue weighted by Crippen LogP contribution is -2.31. The second-order valence-corrected chi connectivity index (χ2v) is 5.07. The molecule has 2 unspecified atom stereocenters. The molecule has 1 saturated heterocycles. The van der Waals surface area contributed by atoms with Gasteiger partial charge in [-0.15, -0.1) is 0 Å². The zero-order chi connectivity index (χ0) is 12.5. The Balaban J connectivity index is 1.93. The minimum Gasteiger partial charge on any atom is -0.381 e. The molecule has 1 N–H and O–H groups in total. The van der Waals surface area contributed by atoms with Gasteiger partial charge in [-0.25, -0.2) is 4.39 Å². The van der Waals surface area contributed by atoms with E-state index in [-0.39, 0.29) is 17.6 Å². The van der Waals surface area contributed by atoms with Gasteiger partial charge in [0.1, 0.15) is 5.82 Å². The number of ether oxygens (including phenoxy) is 1. The monoisotopic (exact) mass is 249 g/mol. The molecule has 1 aromatic carbocycles. The third-order valence-corrected chi connectivity index (χ3v) is 3.86. The molecule has 2 atom stereocenters. The summed E-state index contributed by atoms with van der Waals surface area (Å²) < 4.78 is 18.7. The summed E-state index contributed by atoms with van der Waals surface area (Å²) >= 11 is 0. The maximum absolute atomic E-state index is 13.2. The predicted molar refractivity (Wildman–Crippen MR) is 65.9 cm³/mol. The average Bonchev–Trinajstić information content (AvgIpc) is 2.38. The van der Waals surface area contributed by atoms with Gasteiger partial charge in [0.05, 0.1) is 0 Å². The quantitative estimate of drug-likeness (QED) is 0.831. The van der Waals surface area contributed by atoms with Crippen molar-refractivity contribution in [1.29, 1.82) is 0 Å². The van der Waals surface area contributed by atoms with Crippen LogP contribution in [0.1, 0.15) is 30.7 Å². The van der Waals surface area contributed by atoms with Crippen molar-refractivity contribution in [3.63, 3.8) is 0 Å². The van der Waals surface area contributed by atoms with E-state index >= 15 is 0 Å². The second kappa shape index (κ2) is 4.69. The van der Waals surface area contributed by atoms with Crippen molar-refractivity contribution < 1.29 is 13.9 Å². The fourth-order valence-corrected chi connectivity index (χ4v) is 2.97. The van der Waals surface area contributed by atoms with Crippen LogP contribution < -0.4 is 5.32 Å². The first kappa shape index (κ1) is 11.7. The average molecular weight is 249 g/mol. The van der Waals surface area contributed by atoms with Crippen molar-refractivity contribution in [1.82, 2.24) is 0 Å². The molecule has 18 heavy (non-hydrogen) atoms. The van der Waals surface area contributed by atoms with Crippen molar-refractivity contribution in [2.24, 2.45) is 5.92 Å². The van der Waals surface area contributed by atoms with Gasteiger partial charge >= 0.3 is 0 Å². The summed E-state index contributed by atoms with van der Waals surface area (Å²) in [7, 11) is 0. The standard InChI is InChI=1S/C14H16FNO2/c15-10-3-4-11-12(9-2-1-5-18-8-9)7-14(17)16-13(11)6-10/h3-4,6,9,12H,1-2,5,7-8H2,(H,16,17). The summed E-state index contributed by atoms with van der Waals surface area (Å²) in [4.78, 5) is 11.7. The van der Waals surface area contributed by atoms with E-state index < -0.39 is 0 Å². The number of benzene rings is 1. The molecule has 4 heteroatoms. The Morgan fingerprint density at radius 3 is 3.06 bits per heavy atom. The van der Waals surface area contributed by atoms with Crippen molar-refractivity contribution in [2.45, 2.75) is 25.2 Å². The molecule has 0 spiro atoms. The molecule has 2 heterocycles. The van der Waals surface area contributed by atoms with Crippen LogP contribution >= 0.6 is 0 Å². The maximum atomic E-state index is 13.2. The van der Waals surface area contributed by atoms with E-state index in [1.165, 1.54) is 12.1 Å². The van der Waals surface area contributed by atoms with Gasteiger partial charge in [-0.2, -0.15) is 0 Å². The van der Waals surface area contributed by atoms with E-state index in [9.17, 15) is 9.18 Å². The summed E-state index contributed by atoms with van der Waals surface area (Å²) in [5.41, 5.74) is 1.67. The number of hydrogen-bond acceptors (Lipinski definition) is 2. The highest BCUT2D eigenvalue weighted by Gasteiger charge is 2.32. The maximum Gasteiger partial charge on any atom is 0.225 e. The molecule has 2 aliphatic heterocycles. The minimum atomic E-state index is -0.311. The fourth-order valence-electron chi connectivity index (χ4n) is 2.97. The lowest BCUT2D eigenvalue weighted by molar-refractivity contribution is -0.117. The topological polar surface area (TPSA) is 38.3 Å². The number of hydrogen-bond donors (Lipinski definition) is 1. The van der Waals surface area contributed by atoms with Gasteiger partial charge in [-0.05, 0) is 42.4 Å². The molecule has 1 fully saturated rings. The Morgan fingerprint density at radius 2 is 2.28 bits per heavy atom. The predicted octanol–water partition coefficient (Wildman–Crippen LogP) is 2.68. The van der Waals surface area contributed by atoms with Crippen LogP contribution in [0, 0.1) is 11.7 Å². The van der Waals surface area contributed by atoms with Crippen molar-refractivity contribution in [3.05, 3.63) is 29.6 Å². The van der Waals surface area contributed by atoms with E-state index in [4.69, 9.17) is 4.74 Å². The molecule has 0 aliphatic carbocycles. The summed E-state index contributed by atoms with van der Waals surface area (Å²) in [5.74, 6) is 0.196. The highest BCUT2D eigenvalue weighted by molar-refractivity contribution is 5.94. The van der Waals surface area contributed by atoms with Crippen LogP contribution in [0.3, 0.4) is 0 Å². The molecule has 0 bridgehead atoms. The van der Waals surface area contributed by atoms with Crippen LogP contribution in [0.4, 0.5) is 10.1 Å². The van der Waals surface area contributed by atoms with Gasteiger partial charge in [0.2, 0.25) is 5.91 Å².